The Balaban J connectivity index is 3.63. The van der Waals surface area contributed by atoms with Gasteiger partial charge in [-0.3, -0.25) is 4.79 Å². The Hall–Kier alpha value is -0.580. The molecule has 0 rings (SSSR count). The lowest BCUT2D eigenvalue weighted by Crippen LogP contribution is -2.29. The fourth-order valence-electron chi connectivity index (χ4n) is 0.522. The highest BCUT2D eigenvalue weighted by molar-refractivity contribution is 5.81. The number of carbonyl (C=O) groups excluding carboxylic acids is 1. The summed E-state index contributed by atoms with van der Waals surface area (Å²) < 4.78 is 34.5. The third kappa shape index (κ3) is 5.84. The second-order valence-corrected chi connectivity index (χ2v) is 2.37. The quantitative estimate of drug-likeness (QED) is 0.690. The Kier molecular flexibility index (Phi) is 3.51. The molecule has 0 spiro atoms. The zero-order chi connectivity index (χ0) is 9.07. The highest BCUT2D eigenvalue weighted by Crippen LogP contribution is 2.21. The zero-order valence-corrected chi connectivity index (χ0v) is 6.11. The molecule has 0 saturated heterocycles. The summed E-state index contributed by atoms with van der Waals surface area (Å²) in [5.41, 5.74) is 5.07. The molecule has 0 heterocycles. The molecule has 0 radical (unpaired) electrons. The minimum absolute atomic E-state index is 0.321. The van der Waals surface area contributed by atoms with E-state index in [1.807, 2.05) is 0 Å². The van der Waals surface area contributed by atoms with Gasteiger partial charge in [-0.05, 0) is 13.3 Å². The number of ketones is 1. The van der Waals surface area contributed by atoms with Crippen LogP contribution in [0.1, 0.15) is 19.8 Å². The molecule has 0 aliphatic rings. The first kappa shape index (κ1) is 10.4. The van der Waals surface area contributed by atoms with E-state index in [-0.39, 0.29) is 6.42 Å². The molecule has 1 atom stereocenters. The van der Waals surface area contributed by atoms with Crippen LogP contribution in [0.5, 0.6) is 0 Å². The van der Waals surface area contributed by atoms with E-state index in [0.29, 0.717) is 0 Å². The maximum absolute atomic E-state index is 11.5. The maximum atomic E-state index is 11.5. The van der Waals surface area contributed by atoms with Gasteiger partial charge in [0.2, 0.25) is 0 Å². The second-order valence-electron chi connectivity index (χ2n) is 2.37. The maximum Gasteiger partial charge on any atom is 0.389 e. The molecule has 0 aromatic rings. The van der Waals surface area contributed by atoms with Crippen LogP contribution in [0.4, 0.5) is 13.2 Å². The third-order valence-electron chi connectivity index (χ3n) is 1.26. The third-order valence-corrected chi connectivity index (χ3v) is 1.26. The molecule has 0 aromatic carbocycles. The van der Waals surface area contributed by atoms with Crippen LogP contribution < -0.4 is 5.73 Å². The van der Waals surface area contributed by atoms with Crippen molar-refractivity contribution in [1.82, 2.24) is 0 Å². The molecule has 0 aliphatic heterocycles. The van der Waals surface area contributed by atoms with Crippen molar-refractivity contribution < 1.29 is 18.0 Å². The molecular weight excluding hydrogens is 159 g/mol. The van der Waals surface area contributed by atoms with Crippen LogP contribution in [0.15, 0.2) is 0 Å². The lowest BCUT2D eigenvalue weighted by molar-refractivity contribution is -0.137. The van der Waals surface area contributed by atoms with Gasteiger partial charge in [0.1, 0.15) is 5.78 Å². The van der Waals surface area contributed by atoms with Gasteiger partial charge < -0.3 is 5.73 Å². The van der Waals surface area contributed by atoms with Crippen molar-refractivity contribution >= 4 is 5.78 Å². The summed E-state index contributed by atoms with van der Waals surface area (Å²) in [6.45, 7) is 1.18. The number of hydrogen-bond donors (Lipinski definition) is 1. The summed E-state index contributed by atoms with van der Waals surface area (Å²) >= 11 is 0. The molecule has 0 aromatic heterocycles. The molecule has 11 heavy (non-hydrogen) atoms. The molecule has 5 heteroatoms. The minimum atomic E-state index is -4.22. The fourth-order valence-corrected chi connectivity index (χ4v) is 0.522. The molecule has 2 N–H and O–H groups in total. The van der Waals surface area contributed by atoms with Gasteiger partial charge in [0.05, 0.1) is 6.04 Å². The van der Waals surface area contributed by atoms with Crippen molar-refractivity contribution in [1.29, 1.82) is 0 Å². The van der Waals surface area contributed by atoms with E-state index >= 15 is 0 Å². The lowest BCUT2D eigenvalue weighted by Gasteiger charge is -2.09. The number of rotatable bonds is 3. The van der Waals surface area contributed by atoms with Gasteiger partial charge in [-0.1, -0.05) is 0 Å². The number of Topliss-reactive ketones (excluding diaryl/α,β-unsaturated/α-hetero) is 1. The van der Waals surface area contributed by atoms with Crippen LogP contribution in [0.2, 0.25) is 0 Å². The monoisotopic (exact) mass is 169 g/mol. The van der Waals surface area contributed by atoms with E-state index in [1.165, 1.54) is 6.92 Å². The van der Waals surface area contributed by atoms with E-state index < -0.39 is 24.4 Å². The van der Waals surface area contributed by atoms with E-state index in [0.717, 1.165) is 0 Å². The Bertz CT molecular complexity index is 143. The number of hydrogen-bond acceptors (Lipinski definition) is 2. The van der Waals surface area contributed by atoms with Crippen molar-refractivity contribution in [3.63, 3.8) is 0 Å². The minimum Gasteiger partial charge on any atom is -0.322 e. The van der Waals surface area contributed by atoms with Crippen molar-refractivity contribution in [2.24, 2.45) is 5.73 Å². The lowest BCUT2D eigenvalue weighted by atomic mass is 10.1. The Morgan fingerprint density at radius 2 is 2.00 bits per heavy atom. The van der Waals surface area contributed by atoms with Crippen LogP contribution in [-0.4, -0.2) is 18.0 Å². The molecule has 66 valence electrons. The molecular formula is C6H10F3NO. The van der Waals surface area contributed by atoms with Gasteiger partial charge in [0.15, 0.2) is 0 Å². The van der Waals surface area contributed by atoms with Crippen LogP contribution in [-0.2, 0) is 4.79 Å². The van der Waals surface area contributed by atoms with E-state index in [1.54, 1.807) is 0 Å². The Morgan fingerprint density at radius 3 is 2.27 bits per heavy atom. The standard InChI is InChI=1S/C6H10F3NO/c1-4(11)5(10)2-3-6(7,8)9/h5H,2-3,10H2,1H3. The second kappa shape index (κ2) is 3.71. The highest BCUT2D eigenvalue weighted by atomic mass is 19.4. The summed E-state index contributed by atoms with van der Waals surface area (Å²) in [7, 11) is 0. The molecule has 0 bridgehead atoms. The van der Waals surface area contributed by atoms with Gasteiger partial charge in [-0.15, -0.1) is 0 Å². The molecule has 0 saturated carbocycles. The summed E-state index contributed by atoms with van der Waals surface area (Å²) in [5, 5.41) is 0. The first-order valence-electron chi connectivity index (χ1n) is 3.15. The first-order chi connectivity index (χ1) is 4.83. The predicted molar refractivity (Wildman–Crippen MR) is 33.9 cm³/mol. The van der Waals surface area contributed by atoms with Crippen LogP contribution in [0.3, 0.4) is 0 Å². The number of alkyl halides is 3. The van der Waals surface area contributed by atoms with Crippen molar-refractivity contribution in [3.05, 3.63) is 0 Å². The van der Waals surface area contributed by atoms with Crippen LogP contribution in [0, 0.1) is 0 Å². The number of carbonyl (C=O) groups is 1. The molecule has 0 fully saturated rings. The van der Waals surface area contributed by atoms with Crippen molar-refractivity contribution in [2.45, 2.75) is 32.0 Å². The Labute approximate surface area is 62.6 Å². The van der Waals surface area contributed by atoms with E-state index in [9.17, 15) is 18.0 Å². The first-order valence-corrected chi connectivity index (χ1v) is 3.15. The molecule has 0 amide bonds. The van der Waals surface area contributed by atoms with E-state index in [2.05, 4.69) is 0 Å². The van der Waals surface area contributed by atoms with Gasteiger partial charge in [-0.2, -0.15) is 13.2 Å². The summed E-state index contributed by atoms with van der Waals surface area (Å²) in [4.78, 5) is 10.4. The summed E-state index contributed by atoms with van der Waals surface area (Å²) in [6, 6.07) is -0.975. The molecule has 2 nitrogen and oxygen atoms in total. The summed E-state index contributed by atoms with van der Waals surface area (Å²) in [5.74, 6) is -0.408. The fraction of sp³-hybridized carbons (Fsp3) is 0.833. The molecule has 0 aliphatic carbocycles. The summed E-state index contributed by atoms with van der Waals surface area (Å²) in [6.07, 6.45) is -5.53. The number of halogens is 3. The van der Waals surface area contributed by atoms with Gasteiger partial charge in [0.25, 0.3) is 0 Å². The van der Waals surface area contributed by atoms with Crippen molar-refractivity contribution in [3.8, 4) is 0 Å². The predicted octanol–water partition coefficient (Wildman–Crippen LogP) is 1.25. The van der Waals surface area contributed by atoms with Crippen molar-refractivity contribution in [2.75, 3.05) is 0 Å². The SMILES string of the molecule is CC(=O)C(N)CCC(F)(F)F. The van der Waals surface area contributed by atoms with Crippen LogP contribution >= 0.6 is 0 Å². The van der Waals surface area contributed by atoms with Gasteiger partial charge in [-0.25, -0.2) is 0 Å². The average Bonchev–Trinajstić information content (AvgIpc) is 1.80. The Morgan fingerprint density at radius 1 is 1.55 bits per heavy atom. The average molecular weight is 169 g/mol. The highest BCUT2D eigenvalue weighted by Gasteiger charge is 2.28. The smallest absolute Gasteiger partial charge is 0.322 e. The van der Waals surface area contributed by atoms with Gasteiger partial charge in [0, 0.05) is 6.42 Å². The van der Waals surface area contributed by atoms with Crippen LogP contribution in [0.25, 0.3) is 0 Å². The normalized spacial score (nSPS) is 14.6. The topological polar surface area (TPSA) is 43.1 Å². The van der Waals surface area contributed by atoms with E-state index in [4.69, 9.17) is 5.73 Å². The van der Waals surface area contributed by atoms with Gasteiger partial charge >= 0.3 is 6.18 Å². The largest absolute Gasteiger partial charge is 0.389 e. The number of nitrogens with two attached hydrogens (primary N) is 1. The molecule has 1 unspecified atom stereocenters. The zero-order valence-electron chi connectivity index (χ0n) is 6.11.